The first-order chi connectivity index (χ1) is 14.8. The summed E-state index contributed by atoms with van der Waals surface area (Å²) in [4.78, 5) is 25.2. The fraction of sp³-hybridized carbons (Fsp3) is 0.261. The number of hydrogen-bond donors (Lipinski definition) is 2. The number of nitrogens with one attached hydrogen (secondary N) is 2. The molecule has 0 atom stereocenters. The van der Waals surface area contributed by atoms with E-state index in [1.54, 1.807) is 23.7 Å². The molecular weight excluding hydrogens is 396 g/mol. The van der Waals surface area contributed by atoms with Gasteiger partial charge in [-0.2, -0.15) is 0 Å². The summed E-state index contributed by atoms with van der Waals surface area (Å²) >= 11 is 1.54. The molecule has 152 valence electrons. The lowest BCUT2D eigenvalue weighted by molar-refractivity contribution is 0.217. The molecule has 1 saturated heterocycles. The number of benzene rings is 1. The van der Waals surface area contributed by atoms with Crippen molar-refractivity contribution in [2.24, 2.45) is 5.92 Å². The van der Waals surface area contributed by atoms with E-state index in [1.165, 1.54) is 6.33 Å². The van der Waals surface area contributed by atoms with Gasteiger partial charge < -0.3 is 15.0 Å². The third kappa shape index (κ3) is 3.74. The van der Waals surface area contributed by atoms with Crippen LogP contribution in [0.15, 0.2) is 59.2 Å². The standard InChI is InChI=1S/C23H22N4O2S/c28-23-21(20-2-1-9-30-20)22(29-13-15-5-7-24-8-6-15)18-10-16(3-4-19(18)27-23)17-11-25-14-26-12-17/h1-4,9-12,14-15,24H,5-8,13H2,(H,27,28). The molecule has 3 aromatic heterocycles. The zero-order chi connectivity index (χ0) is 20.3. The van der Waals surface area contributed by atoms with Gasteiger partial charge in [0.05, 0.1) is 17.7 Å². The average Bonchev–Trinajstić information content (AvgIpc) is 3.32. The number of piperidine rings is 1. The molecule has 0 saturated carbocycles. The minimum Gasteiger partial charge on any atom is -0.492 e. The minimum absolute atomic E-state index is 0.124. The number of pyridine rings is 1. The molecule has 1 fully saturated rings. The predicted octanol–water partition coefficient (Wildman–Crippen LogP) is 4.09. The van der Waals surface area contributed by atoms with Gasteiger partial charge in [-0.05, 0) is 61.0 Å². The Balaban J connectivity index is 1.64. The lowest BCUT2D eigenvalue weighted by Gasteiger charge is -2.23. The van der Waals surface area contributed by atoms with Gasteiger partial charge in [0.1, 0.15) is 12.1 Å². The summed E-state index contributed by atoms with van der Waals surface area (Å²) < 4.78 is 6.41. The lowest BCUT2D eigenvalue weighted by atomic mass is 9.99. The summed E-state index contributed by atoms with van der Waals surface area (Å²) in [5.74, 6) is 1.15. The van der Waals surface area contributed by atoms with Crippen LogP contribution in [0, 0.1) is 5.92 Å². The molecule has 4 heterocycles. The highest BCUT2D eigenvalue weighted by atomic mass is 32.1. The molecule has 0 unspecified atom stereocenters. The van der Waals surface area contributed by atoms with E-state index in [4.69, 9.17) is 4.74 Å². The number of fused-ring (bicyclic) bond motifs is 1. The second kappa shape index (κ2) is 8.38. The van der Waals surface area contributed by atoms with Crippen molar-refractivity contribution in [2.45, 2.75) is 12.8 Å². The van der Waals surface area contributed by atoms with E-state index in [9.17, 15) is 4.79 Å². The third-order valence-electron chi connectivity index (χ3n) is 5.55. The Morgan fingerprint density at radius 2 is 1.93 bits per heavy atom. The highest BCUT2D eigenvalue weighted by molar-refractivity contribution is 7.13. The number of aromatic amines is 1. The van der Waals surface area contributed by atoms with Gasteiger partial charge in [0, 0.05) is 28.2 Å². The van der Waals surface area contributed by atoms with Crippen molar-refractivity contribution in [1.82, 2.24) is 20.3 Å². The van der Waals surface area contributed by atoms with Crippen LogP contribution in [0.1, 0.15) is 12.8 Å². The first kappa shape index (κ1) is 19.0. The largest absolute Gasteiger partial charge is 0.492 e. The van der Waals surface area contributed by atoms with E-state index >= 15 is 0 Å². The Kier molecular flexibility index (Phi) is 5.29. The maximum absolute atomic E-state index is 13.0. The van der Waals surface area contributed by atoms with Crippen molar-refractivity contribution < 1.29 is 4.74 Å². The van der Waals surface area contributed by atoms with Crippen LogP contribution < -0.4 is 15.6 Å². The normalized spacial score (nSPS) is 14.8. The Labute approximate surface area is 178 Å². The van der Waals surface area contributed by atoms with E-state index in [-0.39, 0.29) is 5.56 Å². The van der Waals surface area contributed by atoms with Gasteiger partial charge in [0.25, 0.3) is 5.56 Å². The Hall–Kier alpha value is -3.03. The molecule has 4 aromatic rings. The van der Waals surface area contributed by atoms with Crippen molar-refractivity contribution in [3.8, 4) is 27.3 Å². The third-order valence-corrected chi connectivity index (χ3v) is 6.44. The van der Waals surface area contributed by atoms with Crippen molar-refractivity contribution in [1.29, 1.82) is 0 Å². The molecular formula is C23H22N4O2S. The summed E-state index contributed by atoms with van der Waals surface area (Å²) in [5.41, 5.74) is 3.15. The van der Waals surface area contributed by atoms with E-state index in [0.717, 1.165) is 52.8 Å². The van der Waals surface area contributed by atoms with Gasteiger partial charge in [-0.3, -0.25) is 4.79 Å². The van der Waals surface area contributed by atoms with Crippen molar-refractivity contribution in [3.05, 3.63) is 64.8 Å². The van der Waals surface area contributed by atoms with Crippen molar-refractivity contribution in [2.75, 3.05) is 19.7 Å². The maximum atomic E-state index is 13.0. The van der Waals surface area contributed by atoms with Gasteiger partial charge in [-0.1, -0.05) is 12.1 Å². The smallest absolute Gasteiger partial charge is 0.260 e. The van der Waals surface area contributed by atoms with E-state index < -0.39 is 0 Å². The van der Waals surface area contributed by atoms with E-state index in [2.05, 4.69) is 26.3 Å². The average molecular weight is 419 g/mol. The van der Waals surface area contributed by atoms with Gasteiger partial charge in [0.2, 0.25) is 0 Å². The molecule has 6 nitrogen and oxygen atoms in total. The zero-order valence-corrected chi connectivity index (χ0v) is 17.2. The summed E-state index contributed by atoms with van der Waals surface area (Å²) in [6, 6.07) is 9.87. The van der Waals surface area contributed by atoms with Crippen LogP contribution in [0.5, 0.6) is 5.75 Å². The van der Waals surface area contributed by atoms with Crippen LogP contribution in [-0.2, 0) is 0 Å². The van der Waals surface area contributed by atoms with Crippen LogP contribution in [0.4, 0.5) is 0 Å². The van der Waals surface area contributed by atoms with Crippen LogP contribution in [-0.4, -0.2) is 34.6 Å². The second-order valence-electron chi connectivity index (χ2n) is 7.53. The predicted molar refractivity (Wildman–Crippen MR) is 120 cm³/mol. The maximum Gasteiger partial charge on any atom is 0.260 e. The van der Waals surface area contributed by atoms with Crippen molar-refractivity contribution >= 4 is 22.2 Å². The summed E-state index contributed by atoms with van der Waals surface area (Å²) in [7, 11) is 0. The molecule has 1 aliphatic rings. The first-order valence-electron chi connectivity index (χ1n) is 10.1. The molecule has 7 heteroatoms. The van der Waals surface area contributed by atoms with Crippen LogP contribution in [0.25, 0.3) is 32.5 Å². The summed E-state index contributed by atoms with van der Waals surface area (Å²) in [6.45, 7) is 2.64. The van der Waals surface area contributed by atoms with Gasteiger partial charge in [-0.15, -0.1) is 11.3 Å². The van der Waals surface area contributed by atoms with Gasteiger partial charge in [0.15, 0.2) is 0 Å². The molecule has 0 spiro atoms. The number of nitrogens with zero attached hydrogens (tertiary/aromatic N) is 2. The molecule has 1 aromatic carbocycles. The molecule has 0 amide bonds. The molecule has 5 rings (SSSR count). The Morgan fingerprint density at radius 3 is 2.70 bits per heavy atom. The number of ether oxygens (including phenoxy) is 1. The van der Waals surface area contributed by atoms with Crippen LogP contribution in [0.3, 0.4) is 0 Å². The molecule has 0 bridgehead atoms. The SMILES string of the molecule is O=c1[nH]c2ccc(-c3cncnc3)cc2c(OCC2CCNCC2)c1-c1cccs1. The quantitative estimate of drug-likeness (QED) is 0.510. The monoisotopic (exact) mass is 418 g/mol. The van der Waals surface area contributed by atoms with E-state index in [1.807, 2.05) is 29.6 Å². The minimum atomic E-state index is -0.124. The Bertz CT molecular complexity index is 1200. The number of aromatic nitrogens is 3. The second-order valence-corrected chi connectivity index (χ2v) is 8.48. The molecule has 0 aliphatic carbocycles. The topological polar surface area (TPSA) is 79.9 Å². The molecule has 0 radical (unpaired) electrons. The number of thiophene rings is 1. The molecule has 2 N–H and O–H groups in total. The lowest BCUT2D eigenvalue weighted by Crippen LogP contribution is -2.30. The molecule has 30 heavy (non-hydrogen) atoms. The molecule has 1 aliphatic heterocycles. The summed E-state index contributed by atoms with van der Waals surface area (Å²) in [5, 5.41) is 6.27. The van der Waals surface area contributed by atoms with Crippen LogP contribution >= 0.6 is 11.3 Å². The first-order valence-corrected chi connectivity index (χ1v) is 11.0. The van der Waals surface area contributed by atoms with E-state index in [0.29, 0.717) is 23.8 Å². The highest BCUT2D eigenvalue weighted by Crippen LogP contribution is 2.37. The summed E-state index contributed by atoms with van der Waals surface area (Å²) in [6.07, 6.45) is 7.26. The highest BCUT2D eigenvalue weighted by Gasteiger charge is 2.20. The van der Waals surface area contributed by atoms with Crippen molar-refractivity contribution in [3.63, 3.8) is 0 Å². The zero-order valence-electron chi connectivity index (χ0n) is 16.4. The fourth-order valence-corrected chi connectivity index (χ4v) is 4.70. The Morgan fingerprint density at radius 1 is 1.10 bits per heavy atom. The number of hydrogen-bond acceptors (Lipinski definition) is 6. The fourth-order valence-electron chi connectivity index (χ4n) is 3.94. The van der Waals surface area contributed by atoms with Crippen LogP contribution in [0.2, 0.25) is 0 Å². The van der Waals surface area contributed by atoms with Gasteiger partial charge in [-0.25, -0.2) is 9.97 Å². The van der Waals surface area contributed by atoms with Gasteiger partial charge >= 0.3 is 0 Å². The number of rotatable bonds is 5. The number of H-pyrrole nitrogens is 1.